The summed E-state index contributed by atoms with van der Waals surface area (Å²) in [5.41, 5.74) is 0. The van der Waals surface area contributed by atoms with Crippen molar-refractivity contribution in [1.29, 1.82) is 0 Å². The lowest BCUT2D eigenvalue weighted by Gasteiger charge is -2.35. The molecule has 0 spiro atoms. The number of piperidine rings is 1. The lowest BCUT2D eigenvalue weighted by Crippen LogP contribution is -2.46. The first kappa shape index (κ1) is 13.4. The molecule has 1 amide bonds. The van der Waals surface area contributed by atoms with Crippen LogP contribution >= 0.6 is 0 Å². The standard InChI is InChI=1S/C16H28N2O/c1-2-18(15-5-7-17-8-6-15)16(19)11-14-10-12-3-4-13(14)9-12/h12-15,17H,2-11H2,1H3. The van der Waals surface area contributed by atoms with Crippen molar-refractivity contribution < 1.29 is 4.79 Å². The van der Waals surface area contributed by atoms with E-state index in [2.05, 4.69) is 17.1 Å². The largest absolute Gasteiger partial charge is 0.340 e. The van der Waals surface area contributed by atoms with E-state index in [1.807, 2.05) is 0 Å². The van der Waals surface area contributed by atoms with Crippen LogP contribution in [-0.4, -0.2) is 36.5 Å². The Morgan fingerprint density at radius 3 is 2.53 bits per heavy atom. The first-order chi connectivity index (χ1) is 9.28. The maximum atomic E-state index is 12.6. The molecule has 0 radical (unpaired) electrons. The minimum absolute atomic E-state index is 0.437. The Morgan fingerprint density at radius 2 is 1.95 bits per heavy atom. The van der Waals surface area contributed by atoms with Crippen LogP contribution in [0.25, 0.3) is 0 Å². The second-order valence-corrected chi connectivity index (χ2v) is 6.80. The third-order valence-electron chi connectivity index (χ3n) is 5.73. The third-order valence-corrected chi connectivity index (χ3v) is 5.73. The van der Waals surface area contributed by atoms with E-state index < -0.39 is 0 Å². The molecule has 3 fully saturated rings. The zero-order valence-corrected chi connectivity index (χ0v) is 12.2. The Balaban J connectivity index is 1.55. The molecule has 0 aromatic rings. The Kier molecular flexibility index (Phi) is 4.11. The molecule has 3 nitrogen and oxygen atoms in total. The van der Waals surface area contributed by atoms with Crippen LogP contribution in [0, 0.1) is 17.8 Å². The van der Waals surface area contributed by atoms with E-state index in [4.69, 9.17) is 0 Å². The van der Waals surface area contributed by atoms with Crippen molar-refractivity contribution in [3.8, 4) is 0 Å². The first-order valence-corrected chi connectivity index (χ1v) is 8.28. The van der Waals surface area contributed by atoms with E-state index in [1.54, 1.807) is 0 Å². The molecular formula is C16H28N2O. The molecule has 0 aromatic carbocycles. The molecule has 2 bridgehead atoms. The molecule has 108 valence electrons. The van der Waals surface area contributed by atoms with Crippen LogP contribution in [0.4, 0.5) is 0 Å². The van der Waals surface area contributed by atoms with Gasteiger partial charge in [0.15, 0.2) is 0 Å². The number of nitrogens with one attached hydrogen (secondary N) is 1. The molecule has 1 aliphatic heterocycles. The molecule has 3 rings (SSSR count). The van der Waals surface area contributed by atoms with Crippen LogP contribution in [0.3, 0.4) is 0 Å². The normalized spacial score (nSPS) is 34.7. The highest BCUT2D eigenvalue weighted by molar-refractivity contribution is 5.77. The number of carbonyl (C=O) groups excluding carboxylic acids is 1. The topological polar surface area (TPSA) is 32.3 Å². The molecular weight excluding hydrogens is 236 g/mol. The van der Waals surface area contributed by atoms with Gasteiger partial charge in [0.1, 0.15) is 0 Å². The zero-order valence-electron chi connectivity index (χ0n) is 12.2. The van der Waals surface area contributed by atoms with E-state index >= 15 is 0 Å². The Labute approximate surface area is 117 Å². The van der Waals surface area contributed by atoms with Gasteiger partial charge in [-0.15, -0.1) is 0 Å². The summed E-state index contributed by atoms with van der Waals surface area (Å²) in [7, 11) is 0. The number of hydrogen-bond acceptors (Lipinski definition) is 2. The van der Waals surface area contributed by atoms with Crippen LogP contribution in [0.2, 0.25) is 0 Å². The maximum absolute atomic E-state index is 12.6. The van der Waals surface area contributed by atoms with Gasteiger partial charge < -0.3 is 10.2 Å². The van der Waals surface area contributed by atoms with Crippen molar-refractivity contribution in [3.63, 3.8) is 0 Å². The van der Waals surface area contributed by atoms with Crippen molar-refractivity contribution in [2.75, 3.05) is 19.6 Å². The van der Waals surface area contributed by atoms with Crippen LogP contribution in [0.5, 0.6) is 0 Å². The van der Waals surface area contributed by atoms with E-state index in [-0.39, 0.29) is 0 Å². The third kappa shape index (κ3) is 2.81. The van der Waals surface area contributed by atoms with Crippen molar-refractivity contribution >= 4 is 5.91 Å². The van der Waals surface area contributed by atoms with Crippen molar-refractivity contribution in [2.45, 2.75) is 57.9 Å². The number of hydrogen-bond donors (Lipinski definition) is 1. The zero-order chi connectivity index (χ0) is 13.2. The van der Waals surface area contributed by atoms with Gasteiger partial charge in [-0.2, -0.15) is 0 Å². The van der Waals surface area contributed by atoms with Gasteiger partial charge in [0.05, 0.1) is 0 Å². The maximum Gasteiger partial charge on any atom is 0.223 e. The van der Waals surface area contributed by atoms with Gasteiger partial charge in [-0.1, -0.05) is 6.42 Å². The Hall–Kier alpha value is -0.570. The van der Waals surface area contributed by atoms with E-state index in [0.29, 0.717) is 17.9 Å². The lowest BCUT2D eigenvalue weighted by atomic mass is 9.86. The summed E-state index contributed by atoms with van der Waals surface area (Å²) in [5.74, 6) is 2.98. The molecule has 0 aromatic heterocycles. The number of nitrogens with zero attached hydrogens (tertiary/aromatic N) is 1. The second kappa shape index (κ2) is 5.82. The highest BCUT2D eigenvalue weighted by Gasteiger charge is 2.41. The van der Waals surface area contributed by atoms with Gasteiger partial charge in [0, 0.05) is 19.0 Å². The highest BCUT2D eigenvalue weighted by Crippen LogP contribution is 2.49. The summed E-state index contributed by atoms with van der Waals surface area (Å²) in [6, 6.07) is 0.498. The Bertz CT molecular complexity index is 325. The van der Waals surface area contributed by atoms with E-state index in [9.17, 15) is 4.79 Å². The summed E-state index contributed by atoms with van der Waals surface area (Å²) in [6.45, 7) is 5.18. The van der Waals surface area contributed by atoms with Gasteiger partial charge in [0.25, 0.3) is 0 Å². The molecule has 3 heteroatoms. The van der Waals surface area contributed by atoms with E-state index in [0.717, 1.165) is 50.7 Å². The van der Waals surface area contributed by atoms with Crippen molar-refractivity contribution in [3.05, 3.63) is 0 Å². The minimum Gasteiger partial charge on any atom is -0.340 e. The van der Waals surface area contributed by atoms with Crippen molar-refractivity contribution in [2.24, 2.45) is 17.8 Å². The van der Waals surface area contributed by atoms with Crippen LogP contribution < -0.4 is 5.32 Å². The summed E-state index contributed by atoms with van der Waals surface area (Å²) < 4.78 is 0. The minimum atomic E-state index is 0.437. The highest BCUT2D eigenvalue weighted by atomic mass is 16.2. The molecule has 3 atom stereocenters. The fourth-order valence-electron chi connectivity index (χ4n) is 4.72. The summed E-state index contributed by atoms with van der Waals surface area (Å²) in [5, 5.41) is 3.39. The van der Waals surface area contributed by atoms with Gasteiger partial charge in [-0.3, -0.25) is 4.79 Å². The molecule has 19 heavy (non-hydrogen) atoms. The SMILES string of the molecule is CCN(C(=O)CC1CC2CCC1C2)C1CCNCC1. The van der Waals surface area contributed by atoms with Gasteiger partial charge in [-0.05, 0) is 69.9 Å². The van der Waals surface area contributed by atoms with Gasteiger partial charge >= 0.3 is 0 Å². The molecule has 3 aliphatic rings. The van der Waals surface area contributed by atoms with Gasteiger partial charge in [0.2, 0.25) is 5.91 Å². The quantitative estimate of drug-likeness (QED) is 0.845. The van der Waals surface area contributed by atoms with Crippen LogP contribution in [0.15, 0.2) is 0 Å². The number of carbonyl (C=O) groups is 1. The van der Waals surface area contributed by atoms with Crippen molar-refractivity contribution in [1.82, 2.24) is 10.2 Å². The molecule has 2 aliphatic carbocycles. The molecule has 3 unspecified atom stereocenters. The second-order valence-electron chi connectivity index (χ2n) is 6.80. The molecule has 1 saturated heterocycles. The monoisotopic (exact) mass is 264 g/mol. The molecule has 1 N–H and O–H groups in total. The smallest absolute Gasteiger partial charge is 0.223 e. The summed E-state index contributed by atoms with van der Waals surface area (Å²) >= 11 is 0. The molecule has 1 heterocycles. The predicted octanol–water partition coefficient (Wildman–Crippen LogP) is 2.41. The van der Waals surface area contributed by atoms with Gasteiger partial charge in [-0.25, -0.2) is 0 Å². The lowest BCUT2D eigenvalue weighted by molar-refractivity contribution is -0.135. The fraction of sp³-hybridized carbons (Fsp3) is 0.938. The Morgan fingerprint density at radius 1 is 1.16 bits per heavy atom. The average molecular weight is 264 g/mol. The molecule has 2 saturated carbocycles. The van der Waals surface area contributed by atoms with Crippen LogP contribution in [-0.2, 0) is 4.79 Å². The first-order valence-electron chi connectivity index (χ1n) is 8.28. The van der Waals surface area contributed by atoms with E-state index in [1.165, 1.54) is 25.7 Å². The summed E-state index contributed by atoms with van der Waals surface area (Å²) in [4.78, 5) is 14.8. The number of rotatable bonds is 4. The fourth-order valence-corrected chi connectivity index (χ4v) is 4.72. The summed E-state index contributed by atoms with van der Waals surface area (Å²) in [6.07, 6.45) is 8.67. The predicted molar refractivity (Wildman–Crippen MR) is 76.8 cm³/mol. The van der Waals surface area contributed by atoms with Crippen LogP contribution in [0.1, 0.15) is 51.9 Å². The number of amides is 1. The number of fused-ring (bicyclic) bond motifs is 2. The average Bonchev–Trinajstić information content (AvgIpc) is 3.03.